The van der Waals surface area contributed by atoms with Gasteiger partial charge in [-0.15, -0.1) is 0 Å². The molecule has 0 bridgehead atoms. The molecule has 0 aliphatic heterocycles. The molecule has 0 aromatic rings. The van der Waals surface area contributed by atoms with Crippen molar-refractivity contribution < 1.29 is 56.9 Å². The standard InChI is InChI=1S/2C14H25OSi.2ClH.Zr/c2*1-10-9-13(12(3)11(10)2)15-16(7,8)14(4,5)6;;;/h2*10H,1-8H3;2*1H;/q;;;;+2/p-2. The molecule has 35 heavy (non-hydrogen) atoms. The van der Waals surface area contributed by atoms with Crippen LogP contribution in [0.5, 0.6) is 0 Å². The van der Waals surface area contributed by atoms with E-state index < -0.39 is 39.9 Å². The molecule has 7 heteroatoms. The van der Waals surface area contributed by atoms with Crippen LogP contribution < -0.4 is 24.8 Å². The molecular weight excluding hydrogens is 587 g/mol. The van der Waals surface area contributed by atoms with Gasteiger partial charge in [-0.2, -0.15) is 0 Å². The van der Waals surface area contributed by atoms with Crippen LogP contribution in [-0.2, 0) is 32.1 Å². The normalized spacial score (nSPS) is 21.8. The molecule has 0 N–H and O–H groups in total. The zero-order valence-corrected chi connectivity index (χ0v) is 31.2. The number of hydrogen-bond acceptors (Lipinski definition) is 2. The Hall–Kier alpha value is 0.457. The Morgan fingerprint density at radius 2 is 0.857 bits per heavy atom. The minimum Gasteiger partial charge on any atom is -1.00 e. The molecule has 0 heterocycles. The number of hydrogen-bond donors (Lipinski definition) is 0. The topological polar surface area (TPSA) is 18.5 Å². The molecule has 200 valence electrons. The van der Waals surface area contributed by atoms with Crippen molar-refractivity contribution in [2.75, 3.05) is 0 Å². The minimum absolute atomic E-state index is 0. The summed E-state index contributed by atoms with van der Waals surface area (Å²) < 4.78 is 17.4. The van der Waals surface area contributed by atoms with Gasteiger partial charge < -0.3 is 24.8 Å². The first kappa shape index (κ1) is 35.5. The van der Waals surface area contributed by atoms with Gasteiger partial charge in [0.2, 0.25) is 0 Å². The van der Waals surface area contributed by atoms with Crippen LogP contribution in [0.4, 0.5) is 0 Å². The van der Waals surface area contributed by atoms with Gasteiger partial charge in [-0.1, -0.05) is 0 Å². The van der Waals surface area contributed by atoms with E-state index in [4.69, 9.17) is 8.85 Å². The predicted octanol–water partition coefficient (Wildman–Crippen LogP) is 3.52. The summed E-state index contributed by atoms with van der Waals surface area (Å²) in [5.74, 6) is 3.50. The number of halogens is 2. The van der Waals surface area contributed by atoms with Crippen LogP contribution >= 0.6 is 0 Å². The Bertz CT molecular complexity index is 869. The van der Waals surface area contributed by atoms with E-state index in [9.17, 15) is 0 Å². The summed E-state index contributed by atoms with van der Waals surface area (Å²) in [4.78, 5) is 0. The fourth-order valence-corrected chi connectivity index (χ4v) is 11.0. The van der Waals surface area contributed by atoms with E-state index in [0.717, 1.165) is 0 Å². The van der Waals surface area contributed by atoms with Crippen LogP contribution in [0.3, 0.4) is 0 Å². The molecule has 2 atom stereocenters. The van der Waals surface area contributed by atoms with Crippen LogP contribution in [0.25, 0.3) is 0 Å². The SMILES string of the molecule is CC1=C(C)C(C)[C]([Zr+2][C]2=C(O[Si](C)(C)C(C)(C)C)C(C)=C(C)C2C)=C1O[Si](C)(C)C(C)(C)C.[Cl-].[Cl-]. The monoisotopic (exact) mass is 634 g/mol. The van der Waals surface area contributed by atoms with E-state index in [2.05, 4.69) is 109 Å². The smallest absolute Gasteiger partial charge is 1.00 e. The van der Waals surface area contributed by atoms with E-state index in [-0.39, 0.29) is 34.9 Å². The van der Waals surface area contributed by atoms with E-state index in [1.807, 2.05) is 0 Å². The molecule has 0 fully saturated rings. The zero-order valence-electron chi connectivity index (χ0n) is 25.2. The Labute approximate surface area is 243 Å². The van der Waals surface area contributed by atoms with Crippen molar-refractivity contribution in [2.24, 2.45) is 11.8 Å². The molecule has 0 aromatic carbocycles. The summed E-state index contributed by atoms with van der Waals surface area (Å²) in [7, 11) is -3.82. The molecule has 2 unspecified atom stereocenters. The zero-order chi connectivity index (χ0) is 25.9. The van der Waals surface area contributed by atoms with Gasteiger partial charge in [0.1, 0.15) is 0 Å². The van der Waals surface area contributed by atoms with Crippen molar-refractivity contribution in [2.45, 2.75) is 119 Å². The van der Waals surface area contributed by atoms with Crippen LogP contribution in [0, 0.1) is 11.8 Å². The van der Waals surface area contributed by atoms with Gasteiger partial charge in [-0.25, -0.2) is 0 Å². The second-order valence-corrected chi connectivity index (χ2v) is 26.1. The first-order valence-electron chi connectivity index (χ1n) is 12.6. The van der Waals surface area contributed by atoms with Crippen LogP contribution in [0.1, 0.15) is 83.1 Å². The van der Waals surface area contributed by atoms with Gasteiger partial charge in [0.15, 0.2) is 0 Å². The maximum absolute atomic E-state index is 7.05. The molecule has 2 rings (SSSR count). The van der Waals surface area contributed by atoms with E-state index in [0.29, 0.717) is 11.8 Å². The molecule has 0 spiro atoms. The Balaban J connectivity index is 0.00000578. The van der Waals surface area contributed by atoms with Crippen molar-refractivity contribution in [1.82, 2.24) is 0 Å². The first-order valence-corrected chi connectivity index (χ1v) is 20.9. The van der Waals surface area contributed by atoms with Gasteiger partial charge in [0.05, 0.1) is 0 Å². The summed E-state index contributed by atoms with van der Waals surface area (Å²) in [6.45, 7) is 37.6. The summed E-state index contributed by atoms with van der Waals surface area (Å²) in [6.07, 6.45) is 0. The largest absolute Gasteiger partial charge is 1.00 e. The van der Waals surface area contributed by atoms with Crippen molar-refractivity contribution in [3.05, 3.63) is 40.4 Å². The molecule has 0 amide bonds. The van der Waals surface area contributed by atoms with Crippen molar-refractivity contribution >= 4 is 16.6 Å². The molecule has 0 saturated carbocycles. The Morgan fingerprint density at radius 1 is 0.600 bits per heavy atom. The van der Waals surface area contributed by atoms with Crippen LogP contribution in [0.2, 0.25) is 36.3 Å². The molecule has 2 nitrogen and oxygen atoms in total. The second kappa shape index (κ2) is 11.7. The molecule has 0 aromatic heterocycles. The number of allylic oxidation sites excluding steroid dienone is 6. The Morgan fingerprint density at radius 3 is 1.09 bits per heavy atom. The maximum atomic E-state index is 7.05. The summed E-state index contributed by atoms with van der Waals surface area (Å²) >= 11 is -1.08. The predicted molar refractivity (Wildman–Crippen MR) is 146 cm³/mol. The van der Waals surface area contributed by atoms with Crippen molar-refractivity contribution in [3.63, 3.8) is 0 Å². The quantitative estimate of drug-likeness (QED) is 0.416. The summed E-state index contributed by atoms with van der Waals surface area (Å²) in [5.41, 5.74) is 5.78. The minimum atomic E-state index is -1.91. The third-order valence-electron chi connectivity index (χ3n) is 9.11. The molecule has 0 saturated heterocycles. The molecule has 2 aliphatic rings. The van der Waals surface area contributed by atoms with Gasteiger partial charge in [-0.05, 0) is 0 Å². The van der Waals surface area contributed by atoms with Crippen LogP contribution in [0.15, 0.2) is 40.4 Å². The Kier molecular flexibility index (Phi) is 11.8. The molecular formula is C28H50Cl2O2Si2Zr. The van der Waals surface area contributed by atoms with Crippen molar-refractivity contribution in [3.8, 4) is 0 Å². The van der Waals surface area contributed by atoms with Gasteiger partial charge in [-0.3, -0.25) is 0 Å². The van der Waals surface area contributed by atoms with E-state index >= 15 is 0 Å². The summed E-state index contributed by atoms with van der Waals surface area (Å²) in [5, 5.41) is 0.392. The maximum Gasteiger partial charge on any atom is -1.00 e. The van der Waals surface area contributed by atoms with E-state index in [1.54, 1.807) is 6.56 Å². The van der Waals surface area contributed by atoms with Gasteiger partial charge in [0.25, 0.3) is 0 Å². The fraction of sp³-hybridized carbons (Fsp3) is 0.714. The second-order valence-electron chi connectivity index (χ2n) is 13.4. The third kappa shape index (κ3) is 6.91. The van der Waals surface area contributed by atoms with Gasteiger partial charge >= 0.3 is 220 Å². The molecule has 0 radical (unpaired) electrons. The van der Waals surface area contributed by atoms with Crippen molar-refractivity contribution in [1.29, 1.82) is 0 Å². The average molecular weight is 637 g/mol. The third-order valence-corrected chi connectivity index (χ3v) is 22.3. The fourth-order valence-electron chi connectivity index (χ4n) is 3.79. The van der Waals surface area contributed by atoms with Crippen LogP contribution in [-0.4, -0.2) is 16.6 Å². The number of rotatable bonds is 6. The summed E-state index contributed by atoms with van der Waals surface area (Å²) in [6, 6.07) is 0. The van der Waals surface area contributed by atoms with Gasteiger partial charge in [0, 0.05) is 0 Å². The molecule has 2 aliphatic carbocycles. The van der Waals surface area contributed by atoms with E-state index in [1.165, 1.54) is 33.8 Å². The average Bonchev–Trinajstić information content (AvgIpc) is 2.95. The first-order chi connectivity index (χ1) is 14.6.